The molecular weight excluding hydrogens is 310 g/mol. The van der Waals surface area contributed by atoms with Crippen LogP contribution < -0.4 is 5.32 Å². The van der Waals surface area contributed by atoms with Gasteiger partial charge in [-0.05, 0) is 26.3 Å². The molecule has 24 heavy (non-hydrogen) atoms. The molecule has 2 rings (SSSR count). The Morgan fingerprint density at radius 1 is 1.25 bits per heavy atom. The molecule has 0 saturated carbocycles. The summed E-state index contributed by atoms with van der Waals surface area (Å²) < 4.78 is 6.53. The number of nitrogens with one attached hydrogen (secondary N) is 1. The number of ether oxygens (including phenoxy) is 1. The van der Waals surface area contributed by atoms with Crippen LogP contribution in [0.15, 0.2) is 6.07 Å². The second-order valence-corrected chi connectivity index (χ2v) is 5.67. The van der Waals surface area contributed by atoms with Gasteiger partial charge in [0.15, 0.2) is 12.4 Å². The molecule has 0 spiro atoms. The topological polar surface area (TPSA) is 98.5 Å². The molecule has 8 heteroatoms. The molecule has 2 heterocycles. The Balaban J connectivity index is 1.82. The Kier molecular flexibility index (Phi) is 6.22. The Morgan fingerprint density at radius 3 is 2.79 bits per heavy atom. The van der Waals surface area contributed by atoms with Crippen molar-refractivity contribution in [3.8, 4) is 0 Å². The minimum atomic E-state index is -0.538. The number of hydrogen-bond acceptors (Lipinski definition) is 6. The van der Waals surface area contributed by atoms with E-state index in [1.165, 1.54) is 0 Å². The fraction of sp³-hybridized carbons (Fsp3) is 0.562. The number of carbonyl (C=O) groups is 2. The van der Waals surface area contributed by atoms with Crippen LogP contribution in [0.25, 0.3) is 5.78 Å². The quantitative estimate of drug-likeness (QED) is 0.574. The van der Waals surface area contributed by atoms with Crippen LogP contribution in [0.5, 0.6) is 0 Å². The van der Waals surface area contributed by atoms with Crippen molar-refractivity contribution in [1.29, 1.82) is 0 Å². The van der Waals surface area contributed by atoms with E-state index in [4.69, 9.17) is 4.74 Å². The molecule has 0 saturated heterocycles. The summed E-state index contributed by atoms with van der Waals surface area (Å²) in [6.07, 6.45) is 2.98. The van der Waals surface area contributed by atoms with Crippen molar-refractivity contribution >= 4 is 17.7 Å². The summed E-state index contributed by atoms with van der Waals surface area (Å²) in [5.41, 5.74) is 1.72. The first kappa shape index (κ1) is 17.8. The lowest BCUT2D eigenvalue weighted by atomic mass is 10.2. The molecule has 1 amide bonds. The van der Waals surface area contributed by atoms with Gasteiger partial charge >= 0.3 is 5.97 Å². The van der Waals surface area contributed by atoms with Crippen molar-refractivity contribution in [2.75, 3.05) is 13.2 Å². The predicted octanol–water partition coefficient (Wildman–Crippen LogP) is 1.13. The number of nitrogens with zero attached hydrogens (tertiary/aromatic N) is 4. The average molecular weight is 333 g/mol. The van der Waals surface area contributed by atoms with E-state index in [0.29, 0.717) is 18.1 Å². The molecule has 2 aromatic rings. The predicted molar refractivity (Wildman–Crippen MR) is 87.5 cm³/mol. The third-order valence-corrected chi connectivity index (χ3v) is 3.43. The summed E-state index contributed by atoms with van der Waals surface area (Å²) in [5, 5.41) is 6.94. The number of fused-ring (bicyclic) bond motifs is 1. The van der Waals surface area contributed by atoms with E-state index < -0.39 is 5.97 Å². The van der Waals surface area contributed by atoms with E-state index in [-0.39, 0.29) is 18.9 Å². The normalized spacial score (nSPS) is 10.8. The zero-order valence-corrected chi connectivity index (χ0v) is 14.3. The highest BCUT2D eigenvalue weighted by Crippen LogP contribution is 2.06. The van der Waals surface area contributed by atoms with E-state index in [1.807, 2.05) is 19.9 Å². The van der Waals surface area contributed by atoms with Crippen LogP contribution in [0, 0.1) is 13.8 Å². The van der Waals surface area contributed by atoms with Gasteiger partial charge in [0.05, 0.1) is 0 Å². The molecule has 0 radical (unpaired) electrons. The van der Waals surface area contributed by atoms with Crippen molar-refractivity contribution in [1.82, 2.24) is 24.9 Å². The van der Waals surface area contributed by atoms with Crippen molar-refractivity contribution in [3.05, 3.63) is 23.3 Å². The van der Waals surface area contributed by atoms with Crippen LogP contribution in [-0.2, 0) is 20.7 Å². The van der Waals surface area contributed by atoms with Gasteiger partial charge < -0.3 is 10.1 Å². The summed E-state index contributed by atoms with van der Waals surface area (Å²) in [7, 11) is 0. The summed E-state index contributed by atoms with van der Waals surface area (Å²) in [6.45, 7) is 6.17. The van der Waals surface area contributed by atoms with Crippen LogP contribution in [-0.4, -0.2) is 44.6 Å². The standard InChI is InChI=1S/C16H23N5O3/c1-4-5-6-7-17-14(22)10-24-15(23)9-13-19-16-18-11(2)8-12(3)21(16)20-13/h8H,4-7,9-10H2,1-3H3,(H,17,22). The number of aryl methyl sites for hydroxylation is 2. The highest BCUT2D eigenvalue weighted by atomic mass is 16.5. The minimum absolute atomic E-state index is 0.0923. The summed E-state index contributed by atoms with van der Waals surface area (Å²) in [6, 6.07) is 1.88. The van der Waals surface area contributed by atoms with E-state index in [9.17, 15) is 9.59 Å². The Hall–Kier alpha value is -2.51. The molecule has 0 bridgehead atoms. The van der Waals surface area contributed by atoms with Crippen molar-refractivity contribution in [3.63, 3.8) is 0 Å². The van der Waals surface area contributed by atoms with Crippen molar-refractivity contribution in [2.24, 2.45) is 0 Å². The highest BCUT2D eigenvalue weighted by Gasteiger charge is 2.14. The molecule has 0 aromatic carbocycles. The maximum absolute atomic E-state index is 11.8. The number of aromatic nitrogens is 4. The van der Waals surface area contributed by atoms with Gasteiger partial charge in [-0.2, -0.15) is 4.98 Å². The number of carbonyl (C=O) groups excluding carboxylic acids is 2. The number of unbranched alkanes of at least 4 members (excludes halogenated alkanes) is 2. The molecule has 0 fully saturated rings. The third kappa shape index (κ3) is 5.00. The third-order valence-electron chi connectivity index (χ3n) is 3.43. The molecule has 2 aromatic heterocycles. The first-order chi connectivity index (χ1) is 11.5. The molecule has 1 N–H and O–H groups in total. The second kappa shape index (κ2) is 8.37. The lowest BCUT2D eigenvalue weighted by molar-refractivity contribution is -0.148. The van der Waals surface area contributed by atoms with E-state index in [2.05, 4.69) is 27.3 Å². The number of hydrogen-bond donors (Lipinski definition) is 1. The summed E-state index contributed by atoms with van der Waals surface area (Å²) in [5.74, 6) is -0.0620. The fourth-order valence-corrected chi connectivity index (χ4v) is 2.26. The van der Waals surface area contributed by atoms with Gasteiger partial charge in [0.25, 0.3) is 11.7 Å². The highest BCUT2D eigenvalue weighted by molar-refractivity contribution is 5.80. The minimum Gasteiger partial charge on any atom is -0.455 e. The lowest BCUT2D eigenvalue weighted by Gasteiger charge is -2.05. The second-order valence-electron chi connectivity index (χ2n) is 5.67. The Bertz CT molecular complexity index is 726. The average Bonchev–Trinajstić information content (AvgIpc) is 2.92. The zero-order chi connectivity index (χ0) is 17.5. The molecule has 0 aliphatic heterocycles. The largest absolute Gasteiger partial charge is 0.455 e. The van der Waals surface area contributed by atoms with Gasteiger partial charge in [-0.15, -0.1) is 5.10 Å². The van der Waals surface area contributed by atoms with Gasteiger partial charge in [-0.25, -0.2) is 9.50 Å². The zero-order valence-electron chi connectivity index (χ0n) is 14.3. The SMILES string of the molecule is CCCCCNC(=O)COC(=O)Cc1nc2nc(C)cc(C)n2n1. The Labute approximate surface area is 140 Å². The molecule has 130 valence electrons. The number of esters is 1. The van der Waals surface area contributed by atoms with E-state index in [1.54, 1.807) is 4.52 Å². The van der Waals surface area contributed by atoms with Gasteiger partial charge in [0.1, 0.15) is 6.42 Å². The van der Waals surface area contributed by atoms with Crippen LogP contribution in [0.4, 0.5) is 0 Å². The van der Waals surface area contributed by atoms with Crippen LogP contribution in [0.3, 0.4) is 0 Å². The summed E-state index contributed by atoms with van der Waals surface area (Å²) >= 11 is 0. The smallest absolute Gasteiger partial charge is 0.314 e. The fourth-order valence-electron chi connectivity index (χ4n) is 2.26. The van der Waals surface area contributed by atoms with Gasteiger partial charge in [0.2, 0.25) is 0 Å². The molecule has 0 unspecified atom stereocenters. The van der Waals surface area contributed by atoms with Crippen LogP contribution in [0.1, 0.15) is 43.4 Å². The van der Waals surface area contributed by atoms with Gasteiger partial charge in [-0.3, -0.25) is 9.59 Å². The summed E-state index contributed by atoms with van der Waals surface area (Å²) in [4.78, 5) is 31.8. The van der Waals surface area contributed by atoms with E-state index in [0.717, 1.165) is 30.7 Å². The lowest BCUT2D eigenvalue weighted by Crippen LogP contribution is -2.29. The first-order valence-corrected chi connectivity index (χ1v) is 8.11. The maximum atomic E-state index is 11.8. The monoisotopic (exact) mass is 333 g/mol. The molecule has 8 nitrogen and oxygen atoms in total. The van der Waals surface area contributed by atoms with Crippen LogP contribution >= 0.6 is 0 Å². The van der Waals surface area contributed by atoms with Crippen LogP contribution in [0.2, 0.25) is 0 Å². The molecular formula is C16H23N5O3. The molecule has 0 atom stereocenters. The van der Waals surface area contributed by atoms with E-state index >= 15 is 0 Å². The van der Waals surface area contributed by atoms with Crippen molar-refractivity contribution in [2.45, 2.75) is 46.5 Å². The van der Waals surface area contributed by atoms with Crippen molar-refractivity contribution < 1.29 is 14.3 Å². The molecule has 0 aliphatic carbocycles. The van der Waals surface area contributed by atoms with Gasteiger partial charge in [0, 0.05) is 17.9 Å². The molecule has 0 aliphatic rings. The first-order valence-electron chi connectivity index (χ1n) is 8.11. The van der Waals surface area contributed by atoms with Gasteiger partial charge in [-0.1, -0.05) is 19.8 Å². The maximum Gasteiger partial charge on any atom is 0.314 e. The Morgan fingerprint density at radius 2 is 2.04 bits per heavy atom. The number of rotatable bonds is 8. The number of amides is 1.